The zero-order valence-corrected chi connectivity index (χ0v) is 7.56. The number of cyclic esters (lactones) is 1. The van der Waals surface area contributed by atoms with Gasteiger partial charge in [0.2, 0.25) is 0 Å². The van der Waals surface area contributed by atoms with Crippen molar-refractivity contribution in [3.8, 4) is 5.75 Å². The minimum Gasteiger partial charge on any atom is -0.508 e. The van der Waals surface area contributed by atoms with E-state index in [1.165, 1.54) is 0 Å². The number of carbonyl (C=O) groups excluding carboxylic acids is 1. The summed E-state index contributed by atoms with van der Waals surface area (Å²) in [5.74, 6) is 0.173. The first-order valence-corrected chi connectivity index (χ1v) is 4.50. The van der Waals surface area contributed by atoms with Gasteiger partial charge < -0.3 is 15.2 Å². The molecule has 2 N–H and O–H groups in total. The number of para-hydroxylation sites is 1. The first-order chi connectivity index (χ1) is 6.77. The normalized spacial score (nSPS) is 21.1. The van der Waals surface area contributed by atoms with E-state index in [-0.39, 0.29) is 11.9 Å². The molecule has 4 heteroatoms. The SMILES string of the molecule is O=C1NCCC(c2ccccc2O)O1. The fourth-order valence-electron chi connectivity index (χ4n) is 1.51. The molecule has 1 aliphatic rings. The highest BCUT2D eigenvalue weighted by Crippen LogP contribution is 2.30. The van der Waals surface area contributed by atoms with Gasteiger partial charge in [-0.3, -0.25) is 0 Å². The third-order valence-corrected chi connectivity index (χ3v) is 2.21. The van der Waals surface area contributed by atoms with E-state index in [0.29, 0.717) is 18.5 Å². The van der Waals surface area contributed by atoms with Crippen molar-refractivity contribution in [1.82, 2.24) is 5.32 Å². The molecule has 1 aromatic carbocycles. The fourth-order valence-corrected chi connectivity index (χ4v) is 1.51. The molecule has 0 aromatic heterocycles. The summed E-state index contributed by atoms with van der Waals surface area (Å²) >= 11 is 0. The van der Waals surface area contributed by atoms with Gasteiger partial charge in [-0.1, -0.05) is 18.2 Å². The predicted octanol–water partition coefficient (Wildman–Crippen LogP) is 1.56. The molecule has 1 saturated heterocycles. The molecule has 0 radical (unpaired) electrons. The fraction of sp³-hybridized carbons (Fsp3) is 0.300. The van der Waals surface area contributed by atoms with Gasteiger partial charge in [0.05, 0.1) is 0 Å². The third-order valence-electron chi connectivity index (χ3n) is 2.21. The van der Waals surface area contributed by atoms with E-state index in [2.05, 4.69) is 5.32 Å². The summed E-state index contributed by atoms with van der Waals surface area (Å²) in [6.45, 7) is 0.581. The summed E-state index contributed by atoms with van der Waals surface area (Å²) in [7, 11) is 0. The summed E-state index contributed by atoms with van der Waals surface area (Å²) in [4.78, 5) is 10.9. The molecular weight excluding hydrogens is 182 g/mol. The molecular formula is C10H11NO3. The predicted molar refractivity (Wildman–Crippen MR) is 49.9 cm³/mol. The van der Waals surface area contributed by atoms with Gasteiger partial charge in [0.15, 0.2) is 0 Å². The molecule has 1 aliphatic heterocycles. The molecule has 1 atom stereocenters. The van der Waals surface area contributed by atoms with Crippen LogP contribution in [0.2, 0.25) is 0 Å². The van der Waals surface area contributed by atoms with Crippen LogP contribution in [0.15, 0.2) is 24.3 Å². The first kappa shape index (κ1) is 8.87. The molecule has 1 unspecified atom stereocenters. The highest BCUT2D eigenvalue weighted by atomic mass is 16.6. The maximum Gasteiger partial charge on any atom is 0.407 e. The van der Waals surface area contributed by atoms with Crippen LogP contribution in [-0.4, -0.2) is 17.7 Å². The number of ether oxygens (including phenoxy) is 1. The van der Waals surface area contributed by atoms with Crippen LogP contribution >= 0.6 is 0 Å². The highest BCUT2D eigenvalue weighted by molar-refractivity contribution is 5.68. The molecule has 0 spiro atoms. The average Bonchev–Trinajstić information content (AvgIpc) is 2.18. The number of phenolic OH excluding ortho intramolecular Hbond substituents is 1. The monoisotopic (exact) mass is 193 g/mol. The van der Waals surface area contributed by atoms with Crippen LogP contribution in [0.25, 0.3) is 0 Å². The third kappa shape index (κ3) is 1.64. The number of phenols is 1. The van der Waals surface area contributed by atoms with Crippen LogP contribution in [0.1, 0.15) is 18.1 Å². The van der Waals surface area contributed by atoms with Crippen molar-refractivity contribution in [3.63, 3.8) is 0 Å². The van der Waals surface area contributed by atoms with Crippen LogP contribution in [0.3, 0.4) is 0 Å². The second kappa shape index (κ2) is 3.57. The molecule has 0 aliphatic carbocycles. The van der Waals surface area contributed by atoms with Gasteiger partial charge >= 0.3 is 6.09 Å². The van der Waals surface area contributed by atoms with Gasteiger partial charge in [-0.25, -0.2) is 4.79 Å². The van der Waals surface area contributed by atoms with Crippen molar-refractivity contribution in [3.05, 3.63) is 29.8 Å². The number of hydrogen-bond acceptors (Lipinski definition) is 3. The van der Waals surface area contributed by atoms with Crippen molar-refractivity contribution in [2.45, 2.75) is 12.5 Å². The average molecular weight is 193 g/mol. The molecule has 0 bridgehead atoms. The Balaban J connectivity index is 2.22. The van der Waals surface area contributed by atoms with E-state index in [1.807, 2.05) is 6.07 Å². The molecule has 1 heterocycles. The number of hydrogen-bond donors (Lipinski definition) is 2. The Morgan fingerprint density at radius 1 is 1.43 bits per heavy atom. The first-order valence-electron chi connectivity index (χ1n) is 4.50. The maximum absolute atomic E-state index is 10.9. The van der Waals surface area contributed by atoms with Crippen molar-refractivity contribution in [2.75, 3.05) is 6.54 Å². The van der Waals surface area contributed by atoms with E-state index in [9.17, 15) is 9.90 Å². The lowest BCUT2D eigenvalue weighted by atomic mass is 10.0. The lowest BCUT2D eigenvalue weighted by Crippen LogP contribution is -2.33. The largest absolute Gasteiger partial charge is 0.508 e. The second-order valence-corrected chi connectivity index (χ2v) is 3.17. The smallest absolute Gasteiger partial charge is 0.407 e. The van der Waals surface area contributed by atoms with E-state index < -0.39 is 6.09 Å². The number of alkyl carbamates (subject to hydrolysis) is 1. The topological polar surface area (TPSA) is 58.6 Å². The van der Waals surface area contributed by atoms with Crippen LogP contribution in [0, 0.1) is 0 Å². The molecule has 14 heavy (non-hydrogen) atoms. The summed E-state index contributed by atoms with van der Waals surface area (Å²) in [6.07, 6.45) is -0.0713. The maximum atomic E-state index is 10.9. The van der Waals surface area contributed by atoms with Gasteiger partial charge in [-0.15, -0.1) is 0 Å². The number of nitrogens with one attached hydrogen (secondary N) is 1. The Labute approximate surface area is 81.5 Å². The Kier molecular flexibility index (Phi) is 2.26. The van der Waals surface area contributed by atoms with E-state index in [4.69, 9.17) is 4.74 Å². The molecule has 1 amide bonds. The standard InChI is InChI=1S/C10H11NO3/c12-8-4-2-1-3-7(8)9-5-6-11-10(13)14-9/h1-4,9,12H,5-6H2,(H,11,13). The number of benzene rings is 1. The molecule has 1 fully saturated rings. The van der Waals surface area contributed by atoms with E-state index in [0.717, 1.165) is 0 Å². The summed E-state index contributed by atoms with van der Waals surface area (Å²) in [5, 5.41) is 12.1. The van der Waals surface area contributed by atoms with Crippen LogP contribution in [0.4, 0.5) is 4.79 Å². The quantitative estimate of drug-likeness (QED) is 0.711. The van der Waals surface area contributed by atoms with E-state index >= 15 is 0 Å². The van der Waals surface area contributed by atoms with Gasteiger partial charge in [0, 0.05) is 18.5 Å². The Morgan fingerprint density at radius 2 is 2.21 bits per heavy atom. The van der Waals surface area contributed by atoms with Crippen LogP contribution in [-0.2, 0) is 4.74 Å². The molecule has 0 saturated carbocycles. The lowest BCUT2D eigenvalue weighted by Gasteiger charge is -2.23. The highest BCUT2D eigenvalue weighted by Gasteiger charge is 2.23. The zero-order chi connectivity index (χ0) is 9.97. The molecule has 1 aromatic rings. The second-order valence-electron chi connectivity index (χ2n) is 3.17. The number of rotatable bonds is 1. The summed E-state index contributed by atoms with van der Waals surface area (Å²) < 4.78 is 5.04. The van der Waals surface area contributed by atoms with Gasteiger partial charge in [0.1, 0.15) is 11.9 Å². The van der Waals surface area contributed by atoms with E-state index in [1.54, 1.807) is 18.2 Å². The van der Waals surface area contributed by atoms with Crippen molar-refractivity contribution >= 4 is 6.09 Å². The van der Waals surface area contributed by atoms with Crippen molar-refractivity contribution < 1.29 is 14.6 Å². The van der Waals surface area contributed by atoms with Gasteiger partial charge in [-0.05, 0) is 6.07 Å². The van der Waals surface area contributed by atoms with Crippen LogP contribution < -0.4 is 5.32 Å². The van der Waals surface area contributed by atoms with Gasteiger partial charge in [0.25, 0.3) is 0 Å². The van der Waals surface area contributed by atoms with Crippen LogP contribution in [0.5, 0.6) is 5.75 Å². The van der Waals surface area contributed by atoms with Gasteiger partial charge in [-0.2, -0.15) is 0 Å². The number of amides is 1. The summed E-state index contributed by atoms with van der Waals surface area (Å²) in [6, 6.07) is 6.90. The van der Waals surface area contributed by atoms with Crippen molar-refractivity contribution in [2.24, 2.45) is 0 Å². The number of aromatic hydroxyl groups is 1. The molecule has 2 rings (SSSR count). The lowest BCUT2D eigenvalue weighted by molar-refractivity contribution is 0.0726. The number of carbonyl (C=O) groups is 1. The Bertz CT molecular complexity index is 351. The molecule has 74 valence electrons. The minimum absolute atomic E-state index is 0.173. The Morgan fingerprint density at radius 3 is 2.93 bits per heavy atom. The zero-order valence-electron chi connectivity index (χ0n) is 7.56. The minimum atomic E-state index is -0.426. The molecule has 4 nitrogen and oxygen atoms in total. The Hall–Kier alpha value is -1.71. The summed E-state index contributed by atoms with van der Waals surface area (Å²) in [5.41, 5.74) is 0.669. The van der Waals surface area contributed by atoms with Crippen molar-refractivity contribution in [1.29, 1.82) is 0 Å².